The standard InChI is InChI=1S/C19H21NO/c1-14(2)21-19-9-5-8-18-17(19)10-11-20(18)13-16-7-4-6-15(3)12-16/h4-12,14H,13H2,1-3H3. The number of nitrogens with zero attached hydrogens (tertiary/aromatic N) is 1. The number of aryl methyl sites for hydroxylation is 1. The van der Waals surface area contributed by atoms with E-state index in [-0.39, 0.29) is 6.10 Å². The lowest BCUT2D eigenvalue weighted by Crippen LogP contribution is -2.05. The molecule has 0 bridgehead atoms. The predicted molar refractivity (Wildman–Crippen MR) is 88.0 cm³/mol. The van der Waals surface area contributed by atoms with Crippen LogP contribution in [0.4, 0.5) is 0 Å². The molecule has 0 aliphatic heterocycles. The predicted octanol–water partition coefficient (Wildman–Crippen LogP) is 4.79. The molecule has 0 fully saturated rings. The Morgan fingerprint density at radius 1 is 1.05 bits per heavy atom. The lowest BCUT2D eigenvalue weighted by Gasteiger charge is -2.11. The van der Waals surface area contributed by atoms with Gasteiger partial charge in [-0.1, -0.05) is 35.9 Å². The lowest BCUT2D eigenvalue weighted by molar-refractivity contribution is 0.245. The largest absolute Gasteiger partial charge is 0.490 e. The van der Waals surface area contributed by atoms with E-state index in [2.05, 4.69) is 74.0 Å². The SMILES string of the molecule is Cc1cccc(Cn2ccc3c(OC(C)C)cccc32)c1. The van der Waals surface area contributed by atoms with E-state index < -0.39 is 0 Å². The molecule has 3 rings (SSSR count). The average molecular weight is 279 g/mol. The Kier molecular flexibility index (Phi) is 3.70. The van der Waals surface area contributed by atoms with E-state index in [4.69, 9.17) is 4.74 Å². The van der Waals surface area contributed by atoms with Crippen molar-refractivity contribution in [3.8, 4) is 5.75 Å². The first kappa shape index (κ1) is 13.7. The zero-order chi connectivity index (χ0) is 14.8. The monoisotopic (exact) mass is 279 g/mol. The van der Waals surface area contributed by atoms with Gasteiger partial charge in [-0.25, -0.2) is 0 Å². The van der Waals surface area contributed by atoms with E-state index in [1.54, 1.807) is 0 Å². The van der Waals surface area contributed by atoms with Gasteiger partial charge in [0.05, 0.1) is 11.6 Å². The van der Waals surface area contributed by atoms with Crippen molar-refractivity contribution in [3.05, 3.63) is 65.9 Å². The number of fused-ring (bicyclic) bond motifs is 1. The van der Waals surface area contributed by atoms with Crippen molar-refractivity contribution in [1.29, 1.82) is 0 Å². The molecule has 0 N–H and O–H groups in total. The van der Waals surface area contributed by atoms with Gasteiger partial charge < -0.3 is 9.30 Å². The molecular weight excluding hydrogens is 258 g/mol. The topological polar surface area (TPSA) is 14.2 Å². The molecule has 0 unspecified atom stereocenters. The second-order valence-corrected chi connectivity index (χ2v) is 5.79. The smallest absolute Gasteiger partial charge is 0.129 e. The molecule has 0 amide bonds. The highest BCUT2D eigenvalue weighted by atomic mass is 16.5. The Labute approximate surface area is 126 Å². The van der Waals surface area contributed by atoms with Gasteiger partial charge in [-0.15, -0.1) is 0 Å². The number of aromatic nitrogens is 1. The molecule has 2 nitrogen and oxygen atoms in total. The molecule has 3 aromatic rings. The van der Waals surface area contributed by atoms with Gasteiger partial charge in [0.2, 0.25) is 0 Å². The summed E-state index contributed by atoms with van der Waals surface area (Å²) in [7, 11) is 0. The van der Waals surface area contributed by atoms with Crippen LogP contribution in [0.3, 0.4) is 0 Å². The Balaban J connectivity index is 1.97. The number of ether oxygens (including phenoxy) is 1. The van der Waals surface area contributed by atoms with Gasteiger partial charge in [-0.05, 0) is 44.5 Å². The molecule has 1 aromatic heterocycles. The summed E-state index contributed by atoms with van der Waals surface area (Å²) >= 11 is 0. The van der Waals surface area contributed by atoms with Crippen molar-refractivity contribution in [2.45, 2.75) is 33.4 Å². The zero-order valence-electron chi connectivity index (χ0n) is 12.8. The minimum Gasteiger partial charge on any atom is -0.490 e. The third-order valence-electron chi connectivity index (χ3n) is 3.57. The van der Waals surface area contributed by atoms with Gasteiger partial charge in [0, 0.05) is 18.1 Å². The van der Waals surface area contributed by atoms with E-state index in [0.717, 1.165) is 12.3 Å². The highest BCUT2D eigenvalue weighted by Gasteiger charge is 2.08. The summed E-state index contributed by atoms with van der Waals surface area (Å²) < 4.78 is 8.17. The van der Waals surface area contributed by atoms with E-state index in [0.29, 0.717) is 0 Å². The van der Waals surface area contributed by atoms with Crippen molar-refractivity contribution in [2.24, 2.45) is 0 Å². The maximum Gasteiger partial charge on any atom is 0.129 e. The quantitative estimate of drug-likeness (QED) is 0.670. The third kappa shape index (κ3) is 2.94. The van der Waals surface area contributed by atoms with Crippen molar-refractivity contribution in [2.75, 3.05) is 0 Å². The molecule has 2 aromatic carbocycles. The van der Waals surface area contributed by atoms with Crippen LogP contribution in [0.15, 0.2) is 54.7 Å². The number of rotatable bonds is 4. The summed E-state index contributed by atoms with van der Waals surface area (Å²) in [5.41, 5.74) is 3.84. The van der Waals surface area contributed by atoms with Crippen LogP contribution in [-0.2, 0) is 6.54 Å². The molecule has 0 radical (unpaired) electrons. The van der Waals surface area contributed by atoms with Crippen LogP contribution in [0.1, 0.15) is 25.0 Å². The molecule has 1 heterocycles. The molecule has 0 atom stereocenters. The molecule has 0 spiro atoms. The molecule has 21 heavy (non-hydrogen) atoms. The van der Waals surface area contributed by atoms with Crippen LogP contribution < -0.4 is 4.74 Å². The van der Waals surface area contributed by atoms with Gasteiger partial charge in [-0.2, -0.15) is 0 Å². The molecule has 0 aliphatic carbocycles. The molecule has 0 aliphatic rings. The van der Waals surface area contributed by atoms with Crippen molar-refractivity contribution in [1.82, 2.24) is 4.57 Å². The Hall–Kier alpha value is -2.22. The van der Waals surface area contributed by atoms with Crippen molar-refractivity contribution in [3.63, 3.8) is 0 Å². The first-order valence-corrected chi connectivity index (χ1v) is 7.43. The second kappa shape index (κ2) is 5.65. The molecular formula is C19H21NO. The van der Waals surface area contributed by atoms with Gasteiger partial charge in [0.15, 0.2) is 0 Å². The fraction of sp³-hybridized carbons (Fsp3) is 0.263. The fourth-order valence-electron chi connectivity index (χ4n) is 2.70. The average Bonchev–Trinajstić information content (AvgIpc) is 2.83. The summed E-state index contributed by atoms with van der Waals surface area (Å²) in [4.78, 5) is 0. The Morgan fingerprint density at radius 3 is 2.62 bits per heavy atom. The van der Waals surface area contributed by atoms with Crippen molar-refractivity contribution >= 4 is 10.9 Å². The molecule has 0 saturated carbocycles. The van der Waals surface area contributed by atoms with Gasteiger partial charge in [-0.3, -0.25) is 0 Å². The molecule has 2 heteroatoms. The minimum absolute atomic E-state index is 0.190. The van der Waals surface area contributed by atoms with Crippen LogP contribution in [0.2, 0.25) is 0 Å². The number of hydrogen-bond acceptors (Lipinski definition) is 1. The van der Waals surface area contributed by atoms with Gasteiger partial charge in [0.1, 0.15) is 5.75 Å². The third-order valence-corrected chi connectivity index (χ3v) is 3.57. The van der Waals surface area contributed by atoms with E-state index >= 15 is 0 Å². The fourth-order valence-corrected chi connectivity index (χ4v) is 2.70. The maximum atomic E-state index is 5.90. The first-order valence-electron chi connectivity index (χ1n) is 7.43. The minimum atomic E-state index is 0.190. The summed E-state index contributed by atoms with van der Waals surface area (Å²) in [6.07, 6.45) is 2.33. The van der Waals surface area contributed by atoms with Gasteiger partial charge >= 0.3 is 0 Å². The molecule has 0 saturated heterocycles. The van der Waals surface area contributed by atoms with Crippen LogP contribution in [0, 0.1) is 6.92 Å². The van der Waals surface area contributed by atoms with Crippen LogP contribution in [0.5, 0.6) is 5.75 Å². The van der Waals surface area contributed by atoms with Crippen molar-refractivity contribution < 1.29 is 4.74 Å². The molecule has 108 valence electrons. The second-order valence-electron chi connectivity index (χ2n) is 5.79. The maximum absolute atomic E-state index is 5.90. The normalized spacial score (nSPS) is 11.2. The highest BCUT2D eigenvalue weighted by Crippen LogP contribution is 2.28. The van der Waals surface area contributed by atoms with E-state index in [9.17, 15) is 0 Å². The Morgan fingerprint density at radius 2 is 1.86 bits per heavy atom. The first-order chi connectivity index (χ1) is 10.1. The lowest BCUT2D eigenvalue weighted by atomic mass is 10.1. The summed E-state index contributed by atoms with van der Waals surface area (Å²) in [6.45, 7) is 7.13. The number of benzene rings is 2. The zero-order valence-corrected chi connectivity index (χ0v) is 12.8. The van der Waals surface area contributed by atoms with Crippen LogP contribution in [0.25, 0.3) is 10.9 Å². The summed E-state index contributed by atoms with van der Waals surface area (Å²) in [5.74, 6) is 0.963. The van der Waals surface area contributed by atoms with E-state index in [1.165, 1.54) is 22.0 Å². The van der Waals surface area contributed by atoms with Gasteiger partial charge in [0.25, 0.3) is 0 Å². The van der Waals surface area contributed by atoms with E-state index in [1.807, 2.05) is 6.07 Å². The summed E-state index contributed by atoms with van der Waals surface area (Å²) in [5, 5.41) is 1.18. The summed E-state index contributed by atoms with van der Waals surface area (Å²) in [6, 6.07) is 17.1. The Bertz CT molecular complexity index is 755. The van der Waals surface area contributed by atoms with Crippen LogP contribution in [-0.4, -0.2) is 10.7 Å². The number of hydrogen-bond donors (Lipinski definition) is 0. The van der Waals surface area contributed by atoms with Crippen LogP contribution >= 0.6 is 0 Å². The highest BCUT2D eigenvalue weighted by molar-refractivity contribution is 5.86.